The molecule has 0 saturated heterocycles. The van der Waals surface area contributed by atoms with Gasteiger partial charge in [-0.2, -0.15) is 0 Å². The van der Waals surface area contributed by atoms with Gasteiger partial charge in [0.25, 0.3) is 0 Å². The van der Waals surface area contributed by atoms with Crippen molar-refractivity contribution in [3.63, 3.8) is 0 Å². The molecule has 1 heterocycles. The van der Waals surface area contributed by atoms with Crippen LogP contribution in [0.15, 0.2) is 63.8 Å². The van der Waals surface area contributed by atoms with Crippen LogP contribution >= 0.6 is 27.7 Å². The van der Waals surface area contributed by atoms with Gasteiger partial charge in [-0.25, -0.2) is 9.97 Å². The van der Waals surface area contributed by atoms with E-state index in [1.54, 1.807) is 36.0 Å². The van der Waals surface area contributed by atoms with Crippen LogP contribution in [0.25, 0.3) is 0 Å². The number of hydrogen-bond donors (Lipinski definition) is 0. The molecule has 0 atom stereocenters. The summed E-state index contributed by atoms with van der Waals surface area (Å²) in [5.74, 6) is -0.0419. The lowest BCUT2D eigenvalue weighted by atomic mass is 10.1. The molecule has 0 amide bonds. The van der Waals surface area contributed by atoms with Crippen molar-refractivity contribution in [2.24, 2.45) is 0 Å². The molecule has 2 aromatic rings. The second-order valence-corrected chi connectivity index (χ2v) is 5.12. The van der Waals surface area contributed by atoms with E-state index in [1.807, 2.05) is 12.1 Å². The zero-order valence-corrected chi connectivity index (χ0v) is 11.7. The fourth-order valence-corrected chi connectivity index (χ4v) is 2.20. The van der Waals surface area contributed by atoms with E-state index in [-0.39, 0.29) is 5.78 Å². The molecule has 90 valence electrons. The van der Waals surface area contributed by atoms with Gasteiger partial charge in [0.1, 0.15) is 0 Å². The van der Waals surface area contributed by atoms with Crippen LogP contribution < -0.4 is 0 Å². The Balaban J connectivity index is 1.99. The van der Waals surface area contributed by atoms with Gasteiger partial charge in [-0.05, 0) is 29.7 Å². The van der Waals surface area contributed by atoms with Crippen LogP contribution in [0.4, 0.5) is 0 Å². The highest BCUT2D eigenvalue weighted by molar-refractivity contribution is 9.10. The van der Waals surface area contributed by atoms with E-state index in [4.69, 9.17) is 0 Å². The molecule has 0 radical (unpaired) electrons. The predicted octanol–water partition coefficient (Wildman–Crippen LogP) is 3.73. The molecular formula is C13H9BrN2OS. The molecule has 0 spiro atoms. The molecule has 2 rings (SSSR count). The van der Waals surface area contributed by atoms with Crippen LogP contribution in [0.1, 0.15) is 10.4 Å². The minimum atomic E-state index is -0.0419. The second kappa shape index (κ2) is 6.47. The molecule has 0 unspecified atom stereocenters. The van der Waals surface area contributed by atoms with Crippen molar-refractivity contribution in [2.45, 2.75) is 5.16 Å². The van der Waals surface area contributed by atoms with Crippen molar-refractivity contribution >= 4 is 33.5 Å². The lowest BCUT2D eigenvalue weighted by molar-refractivity contribution is 0.104. The zero-order chi connectivity index (χ0) is 12.8. The summed E-state index contributed by atoms with van der Waals surface area (Å²) in [7, 11) is 0. The summed E-state index contributed by atoms with van der Waals surface area (Å²) in [6, 6.07) is 9.03. The first kappa shape index (κ1) is 13.0. The minimum absolute atomic E-state index is 0.0419. The van der Waals surface area contributed by atoms with Crippen molar-refractivity contribution in [1.82, 2.24) is 9.97 Å². The summed E-state index contributed by atoms with van der Waals surface area (Å²) < 4.78 is 0.890. The Bertz CT molecular complexity index is 572. The summed E-state index contributed by atoms with van der Waals surface area (Å²) in [6.07, 6.45) is 4.85. The molecule has 18 heavy (non-hydrogen) atoms. The number of benzene rings is 1. The first-order valence-electron chi connectivity index (χ1n) is 5.16. The molecule has 1 aromatic heterocycles. The summed E-state index contributed by atoms with van der Waals surface area (Å²) in [4.78, 5) is 19.9. The number of thioether (sulfide) groups is 1. The lowest BCUT2D eigenvalue weighted by Crippen LogP contribution is -1.93. The molecule has 0 N–H and O–H groups in total. The summed E-state index contributed by atoms with van der Waals surface area (Å²) >= 11 is 4.65. The Morgan fingerprint density at radius 1 is 1.22 bits per heavy atom. The number of carbonyl (C=O) groups is 1. The topological polar surface area (TPSA) is 42.9 Å². The summed E-state index contributed by atoms with van der Waals surface area (Å²) in [6.45, 7) is 0. The van der Waals surface area contributed by atoms with Gasteiger partial charge in [-0.15, -0.1) is 0 Å². The molecule has 0 aliphatic rings. The third-order valence-electron chi connectivity index (χ3n) is 2.04. The van der Waals surface area contributed by atoms with Gasteiger partial charge < -0.3 is 0 Å². The number of ketones is 1. The van der Waals surface area contributed by atoms with E-state index in [2.05, 4.69) is 25.9 Å². The fourth-order valence-electron chi connectivity index (χ4n) is 1.24. The number of allylic oxidation sites excluding steroid dienone is 1. The maximum atomic E-state index is 11.8. The molecule has 5 heteroatoms. The van der Waals surface area contributed by atoms with Gasteiger partial charge in [-0.1, -0.05) is 39.8 Å². The second-order valence-electron chi connectivity index (χ2n) is 3.33. The average molecular weight is 321 g/mol. The normalized spacial score (nSPS) is 10.7. The van der Waals surface area contributed by atoms with E-state index in [9.17, 15) is 4.79 Å². The Labute approximate surface area is 117 Å². The van der Waals surface area contributed by atoms with Crippen LogP contribution in [-0.2, 0) is 0 Å². The van der Waals surface area contributed by atoms with E-state index in [1.165, 1.54) is 17.8 Å². The molecule has 0 bridgehead atoms. The van der Waals surface area contributed by atoms with Gasteiger partial charge in [0.05, 0.1) is 0 Å². The van der Waals surface area contributed by atoms with Crippen LogP contribution in [0.3, 0.4) is 0 Å². The monoisotopic (exact) mass is 320 g/mol. The molecule has 0 saturated carbocycles. The maximum Gasteiger partial charge on any atom is 0.191 e. The molecule has 0 aliphatic heterocycles. The van der Waals surface area contributed by atoms with Gasteiger partial charge in [-0.3, -0.25) is 4.79 Å². The van der Waals surface area contributed by atoms with Crippen LogP contribution in [0.5, 0.6) is 0 Å². The zero-order valence-electron chi connectivity index (χ0n) is 9.29. The minimum Gasteiger partial charge on any atom is -0.289 e. The Morgan fingerprint density at radius 3 is 2.72 bits per heavy atom. The number of aromatic nitrogens is 2. The van der Waals surface area contributed by atoms with Crippen molar-refractivity contribution in [1.29, 1.82) is 0 Å². The Morgan fingerprint density at radius 2 is 2.00 bits per heavy atom. The number of rotatable bonds is 4. The number of hydrogen-bond acceptors (Lipinski definition) is 4. The number of halogens is 1. The SMILES string of the molecule is O=C(C=CSc1ncccn1)c1cccc(Br)c1. The summed E-state index contributed by atoms with van der Waals surface area (Å²) in [5.41, 5.74) is 0.648. The van der Waals surface area contributed by atoms with Gasteiger partial charge >= 0.3 is 0 Å². The van der Waals surface area contributed by atoms with E-state index in [0.717, 1.165) is 4.47 Å². The smallest absolute Gasteiger partial charge is 0.191 e. The maximum absolute atomic E-state index is 11.8. The first-order chi connectivity index (χ1) is 8.75. The predicted molar refractivity (Wildman–Crippen MR) is 75.5 cm³/mol. The van der Waals surface area contributed by atoms with Gasteiger partial charge in [0.2, 0.25) is 0 Å². The highest BCUT2D eigenvalue weighted by Gasteiger charge is 2.01. The van der Waals surface area contributed by atoms with E-state index < -0.39 is 0 Å². The van der Waals surface area contributed by atoms with Crippen LogP contribution in [-0.4, -0.2) is 15.8 Å². The third kappa shape index (κ3) is 3.78. The highest BCUT2D eigenvalue weighted by Crippen LogP contribution is 2.15. The van der Waals surface area contributed by atoms with Gasteiger partial charge in [0, 0.05) is 22.4 Å². The van der Waals surface area contributed by atoms with Crippen molar-refractivity contribution < 1.29 is 4.79 Å². The fraction of sp³-hybridized carbons (Fsp3) is 0. The van der Waals surface area contributed by atoms with E-state index >= 15 is 0 Å². The Hall–Kier alpha value is -1.46. The molecule has 0 fully saturated rings. The lowest BCUT2D eigenvalue weighted by Gasteiger charge is -1.96. The molecule has 1 aromatic carbocycles. The van der Waals surface area contributed by atoms with Crippen LogP contribution in [0, 0.1) is 0 Å². The van der Waals surface area contributed by atoms with E-state index in [0.29, 0.717) is 10.7 Å². The first-order valence-corrected chi connectivity index (χ1v) is 6.83. The largest absolute Gasteiger partial charge is 0.289 e. The number of carbonyl (C=O) groups excluding carboxylic acids is 1. The van der Waals surface area contributed by atoms with Crippen LogP contribution in [0.2, 0.25) is 0 Å². The third-order valence-corrected chi connectivity index (χ3v) is 3.23. The number of nitrogens with zero attached hydrogens (tertiary/aromatic N) is 2. The van der Waals surface area contributed by atoms with Crippen molar-refractivity contribution in [3.05, 3.63) is 64.2 Å². The van der Waals surface area contributed by atoms with Crippen molar-refractivity contribution in [3.8, 4) is 0 Å². The standard InChI is InChI=1S/C13H9BrN2OS/c14-11-4-1-3-10(9-11)12(17)5-8-18-13-15-6-2-7-16-13/h1-9H. The molecular weight excluding hydrogens is 312 g/mol. The van der Waals surface area contributed by atoms with Crippen molar-refractivity contribution in [2.75, 3.05) is 0 Å². The Kier molecular flexibility index (Phi) is 4.66. The van der Waals surface area contributed by atoms with Gasteiger partial charge in [0.15, 0.2) is 10.9 Å². The average Bonchev–Trinajstić information content (AvgIpc) is 2.40. The highest BCUT2D eigenvalue weighted by atomic mass is 79.9. The molecule has 0 aliphatic carbocycles. The summed E-state index contributed by atoms with van der Waals surface area (Å²) in [5, 5.41) is 2.31. The molecule has 3 nitrogen and oxygen atoms in total. The quantitative estimate of drug-likeness (QED) is 0.372.